The second-order valence-corrected chi connectivity index (χ2v) is 5.49. The second-order valence-electron chi connectivity index (χ2n) is 5.49. The molecule has 3 aromatic rings. The topological polar surface area (TPSA) is 46.9 Å². The van der Waals surface area contributed by atoms with E-state index in [1.807, 2.05) is 12.1 Å². The predicted octanol–water partition coefficient (Wildman–Crippen LogP) is 3.89. The number of nitrogens with zero attached hydrogens (tertiary/aromatic N) is 2. The number of hydrogen-bond acceptors (Lipinski definition) is 2. The highest BCUT2D eigenvalue weighted by atomic mass is 19.1. The van der Waals surface area contributed by atoms with Gasteiger partial charge in [0.15, 0.2) is 5.82 Å². The maximum absolute atomic E-state index is 13.7. The first-order chi connectivity index (χ1) is 11.7. The van der Waals surface area contributed by atoms with Gasteiger partial charge in [0.05, 0.1) is 6.54 Å². The van der Waals surface area contributed by atoms with Crippen LogP contribution in [0.5, 0.6) is 0 Å². The Hall–Kier alpha value is -2.95. The summed E-state index contributed by atoms with van der Waals surface area (Å²) in [5, 5.41) is 7.02. The molecule has 0 radical (unpaired) electrons. The molecule has 0 atom stereocenters. The van der Waals surface area contributed by atoms with Crippen molar-refractivity contribution >= 4 is 11.7 Å². The number of nitrogens with one attached hydrogen (secondary N) is 1. The Bertz CT molecular complexity index is 840. The van der Waals surface area contributed by atoms with Crippen LogP contribution in [-0.2, 0) is 13.0 Å². The highest BCUT2D eigenvalue weighted by molar-refractivity contribution is 6.03. The molecule has 4 nitrogen and oxygen atoms in total. The average Bonchev–Trinajstić information content (AvgIpc) is 3.04. The number of carbonyl (C=O) groups excluding carboxylic acids is 1. The molecule has 3 rings (SSSR count). The number of hydrogen-bond donors (Lipinski definition) is 1. The third kappa shape index (κ3) is 3.68. The van der Waals surface area contributed by atoms with Crippen molar-refractivity contribution in [2.75, 3.05) is 5.32 Å². The summed E-state index contributed by atoms with van der Waals surface area (Å²) in [6, 6.07) is 15.7. The zero-order chi connectivity index (χ0) is 16.9. The van der Waals surface area contributed by atoms with E-state index in [0.717, 1.165) is 6.42 Å². The number of benzene rings is 2. The third-order valence-corrected chi connectivity index (χ3v) is 3.80. The zero-order valence-electron chi connectivity index (χ0n) is 13.4. The van der Waals surface area contributed by atoms with Gasteiger partial charge < -0.3 is 5.32 Å². The van der Waals surface area contributed by atoms with Crippen molar-refractivity contribution in [3.05, 3.63) is 83.3 Å². The van der Waals surface area contributed by atoms with Gasteiger partial charge in [-0.2, -0.15) is 5.10 Å². The van der Waals surface area contributed by atoms with E-state index in [0.29, 0.717) is 23.5 Å². The van der Waals surface area contributed by atoms with Crippen molar-refractivity contribution in [3.63, 3.8) is 0 Å². The third-order valence-electron chi connectivity index (χ3n) is 3.80. The van der Waals surface area contributed by atoms with Crippen molar-refractivity contribution < 1.29 is 9.18 Å². The highest BCUT2D eigenvalue weighted by Crippen LogP contribution is 2.12. The molecule has 1 amide bonds. The minimum atomic E-state index is -0.269. The molecular formula is C19H18FN3O. The van der Waals surface area contributed by atoms with Crippen LogP contribution in [0.3, 0.4) is 0 Å². The Morgan fingerprint density at radius 2 is 1.88 bits per heavy atom. The van der Waals surface area contributed by atoms with E-state index < -0.39 is 0 Å². The molecule has 0 saturated heterocycles. The van der Waals surface area contributed by atoms with Crippen molar-refractivity contribution in [3.8, 4) is 0 Å². The van der Waals surface area contributed by atoms with Gasteiger partial charge in [0.1, 0.15) is 5.82 Å². The van der Waals surface area contributed by atoms with E-state index in [1.54, 1.807) is 47.3 Å². The summed E-state index contributed by atoms with van der Waals surface area (Å²) in [6.07, 6.45) is 2.64. The van der Waals surface area contributed by atoms with Gasteiger partial charge in [-0.3, -0.25) is 9.48 Å². The van der Waals surface area contributed by atoms with Crippen LogP contribution in [0.1, 0.15) is 28.4 Å². The summed E-state index contributed by atoms with van der Waals surface area (Å²) < 4.78 is 15.3. The van der Waals surface area contributed by atoms with E-state index in [9.17, 15) is 9.18 Å². The number of aromatic nitrogens is 2. The van der Waals surface area contributed by atoms with Crippen LogP contribution >= 0.6 is 0 Å². The molecule has 0 aliphatic rings. The normalized spacial score (nSPS) is 10.6. The molecule has 0 bridgehead atoms. The standard InChI is InChI=1S/C19H18FN3O/c1-2-14-7-9-15(10-8-14)19(24)21-18-11-12-23(22-18)13-16-5-3-4-6-17(16)20/h3-12H,2,13H2,1H3,(H,21,22,24). The lowest BCUT2D eigenvalue weighted by Crippen LogP contribution is -2.13. The summed E-state index contributed by atoms with van der Waals surface area (Å²) >= 11 is 0. The molecule has 2 aromatic carbocycles. The van der Waals surface area contributed by atoms with Crippen molar-refractivity contribution in [1.29, 1.82) is 0 Å². The number of halogens is 1. The molecule has 0 fully saturated rings. The summed E-state index contributed by atoms with van der Waals surface area (Å²) in [6.45, 7) is 2.38. The molecule has 0 spiro atoms. The second kappa shape index (κ2) is 7.08. The Morgan fingerprint density at radius 3 is 2.58 bits per heavy atom. The Morgan fingerprint density at radius 1 is 1.12 bits per heavy atom. The molecule has 5 heteroatoms. The molecule has 0 aliphatic carbocycles. The van der Waals surface area contributed by atoms with Crippen LogP contribution in [0.15, 0.2) is 60.8 Å². The van der Waals surface area contributed by atoms with Gasteiger partial charge in [-0.05, 0) is 30.2 Å². The average molecular weight is 323 g/mol. The van der Waals surface area contributed by atoms with Crippen LogP contribution < -0.4 is 5.32 Å². The van der Waals surface area contributed by atoms with Crippen LogP contribution in [-0.4, -0.2) is 15.7 Å². The lowest BCUT2D eigenvalue weighted by molar-refractivity contribution is 0.102. The number of rotatable bonds is 5. The van der Waals surface area contributed by atoms with Gasteiger partial charge in [-0.15, -0.1) is 0 Å². The maximum Gasteiger partial charge on any atom is 0.256 e. The molecule has 0 unspecified atom stereocenters. The molecule has 24 heavy (non-hydrogen) atoms. The molecule has 1 aromatic heterocycles. The molecule has 0 aliphatic heterocycles. The van der Waals surface area contributed by atoms with Gasteiger partial charge in [-0.1, -0.05) is 37.3 Å². The largest absolute Gasteiger partial charge is 0.305 e. The minimum absolute atomic E-state index is 0.214. The maximum atomic E-state index is 13.7. The Balaban J connectivity index is 1.67. The number of anilines is 1. The van der Waals surface area contributed by atoms with E-state index in [-0.39, 0.29) is 11.7 Å². The summed E-state index contributed by atoms with van der Waals surface area (Å²) in [5.41, 5.74) is 2.31. The van der Waals surface area contributed by atoms with Gasteiger partial charge in [0, 0.05) is 23.4 Å². The summed E-state index contributed by atoms with van der Waals surface area (Å²) in [4.78, 5) is 12.2. The lowest BCUT2D eigenvalue weighted by atomic mass is 10.1. The Labute approximate surface area is 139 Å². The fraction of sp³-hybridized carbons (Fsp3) is 0.158. The number of carbonyl (C=O) groups is 1. The molecule has 0 saturated carbocycles. The van der Waals surface area contributed by atoms with E-state index in [2.05, 4.69) is 17.3 Å². The smallest absolute Gasteiger partial charge is 0.256 e. The fourth-order valence-corrected chi connectivity index (χ4v) is 2.40. The van der Waals surface area contributed by atoms with Crippen molar-refractivity contribution in [1.82, 2.24) is 9.78 Å². The van der Waals surface area contributed by atoms with E-state index in [1.165, 1.54) is 11.6 Å². The van der Waals surface area contributed by atoms with Crippen LogP contribution in [0.2, 0.25) is 0 Å². The van der Waals surface area contributed by atoms with Crippen molar-refractivity contribution in [2.24, 2.45) is 0 Å². The minimum Gasteiger partial charge on any atom is -0.305 e. The van der Waals surface area contributed by atoms with Crippen LogP contribution in [0.25, 0.3) is 0 Å². The highest BCUT2D eigenvalue weighted by Gasteiger charge is 2.09. The van der Waals surface area contributed by atoms with Gasteiger partial charge in [0.2, 0.25) is 0 Å². The number of aryl methyl sites for hydroxylation is 1. The summed E-state index contributed by atoms with van der Waals surface area (Å²) in [5.74, 6) is -0.0423. The monoisotopic (exact) mass is 323 g/mol. The van der Waals surface area contributed by atoms with Crippen LogP contribution in [0.4, 0.5) is 10.2 Å². The van der Waals surface area contributed by atoms with Crippen molar-refractivity contribution in [2.45, 2.75) is 19.9 Å². The SMILES string of the molecule is CCc1ccc(C(=O)Nc2ccn(Cc3ccccc3F)n2)cc1. The number of amides is 1. The quantitative estimate of drug-likeness (QED) is 0.774. The van der Waals surface area contributed by atoms with E-state index in [4.69, 9.17) is 0 Å². The lowest BCUT2D eigenvalue weighted by Gasteiger charge is -2.04. The van der Waals surface area contributed by atoms with Crippen LogP contribution in [0, 0.1) is 5.82 Å². The molecule has 122 valence electrons. The first-order valence-electron chi connectivity index (χ1n) is 7.83. The fourth-order valence-electron chi connectivity index (χ4n) is 2.40. The predicted molar refractivity (Wildman–Crippen MR) is 91.5 cm³/mol. The van der Waals surface area contributed by atoms with Gasteiger partial charge in [0.25, 0.3) is 5.91 Å². The zero-order valence-corrected chi connectivity index (χ0v) is 13.4. The van der Waals surface area contributed by atoms with E-state index >= 15 is 0 Å². The molecule has 1 heterocycles. The first kappa shape index (κ1) is 15.9. The first-order valence-corrected chi connectivity index (χ1v) is 7.83. The Kier molecular flexibility index (Phi) is 4.70. The molecule has 1 N–H and O–H groups in total. The van der Waals surface area contributed by atoms with Gasteiger partial charge >= 0.3 is 0 Å². The summed E-state index contributed by atoms with van der Waals surface area (Å²) in [7, 11) is 0. The van der Waals surface area contributed by atoms with Gasteiger partial charge in [-0.25, -0.2) is 4.39 Å². The molecular weight excluding hydrogens is 305 g/mol.